The van der Waals surface area contributed by atoms with E-state index in [4.69, 9.17) is 0 Å². The number of imidazole rings is 1. The predicted octanol–water partition coefficient (Wildman–Crippen LogP) is 3.62. The molecule has 0 fully saturated rings. The largest absolute Gasteiger partial charge is 0.327 e. The molecule has 17 heavy (non-hydrogen) atoms. The van der Waals surface area contributed by atoms with Crippen LogP contribution >= 0.6 is 0 Å². The normalized spacial score (nSPS) is 17.0. The Balaban J connectivity index is 0.000000581. The molecule has 0 N–H and O–H groups in total. The van der Waals surface area contributed by atoms with E-state index in [0.29, 0.717) is 5.92 Å². The average molecular weight is 237 g/mol. The van der Waals surface area contributed by atoms with Crippen LogP contribution in [-0.4, -0.2) is 22.3 Å². The van der Waals surface area contributed by atoms with E-state index in [-0.39, 0.29) is 0 Å². The summed E-state index contributed by atoms with van der Waals surface area (Å²) in [5, 5.41) is 0. The molecule has 1 aromatic rings. The molecule has 0 radical (unpaired) electrons. The van der Waals surface area contributed by atoms with Gasteiger partial charge in [-0.25, -0.2) is 4.98 Å². The van der Waals surface area contributed by atoms with Gasteiger partial charge >= 0.3 is 0 Å². The molecule has 0 saturated carbocycles. The zero-order valence-corrected chi connectivity index (χ0v) is 12.4. The molecule has 1 unspecified atom stereocenters. The van der Waals surface area contributed by atoms with Crippen molar-refractivity contribution in [2.24, 2.45) is 10.9 Å². The van der Waals surface area contributed by atoms with E-state index in [2.05, 4.69) is 35.3 Å². The van der Waals surface area contributed by atoms with Crippen molar-refractivity contribution in [3.8, 4) is 0 Å². The average Bonchev–Trinajstić information content (AvgIpc) is 2.55. The summed E-state index contributed by atoms with van der Waals surface area (Å²) in [5.74, 6) is 1.63. The Kier molecular flexibility index (Phi) is 7.51. The maximum Gasteiger partial charge on any atom is 0.151 e. The minimum Gasteiger partial charge on any atom is -0.327 e. The smallest absolute Gasteiger partial charge is 0.151 e. The molecule has 1 aliphatic rings. The van der Waals surface area contributed by atoms with Crippen molar-refractivity contribution < 1.29 is 0 Å². The fraction of sp³-hybridized carbons (Fsp3) is 0.714. The molecule has 2 rings (SSSR count). The lowest BCUT2D eigenvalue weighted by Gasteiger charge is -2.09. The summed E-state index contributed by atoms with van der Waals surface area (Å²) < 4.78 is 2.26. The van der Waals surface area contributed by atoms with E-state index in [1.807, 2.05) is 33.9 Å². The van der Waals surface area contributed by atoms with Gasteiger partial charge in [0.25, 0.3) is 0 Å². The number of hydrogen-bond donors (Lipinski definition) is 0. The van der Waals surface area contributed by atoms with Crippen molar-refractivity contribution >= 4 is 6.21 Å². The van der Waals surface area contributed by atoms with Gasteiger partial charge in [-0.05, 0) is 19.8 Å². The maximum atomic E-state index is 4.46. The van der Waals surface area contributed by atoms with Crippen molar-refractivity contribution in [3.63, 3.8) is 0 Å². The lowest BCUT2D eigenvalue weighted by molar-refractivity contribution is 0.493. The van der Waals surface area contributed by atoms with Crippen LogP contribution in [0.5, 0.6) is 0 Å². The minimum atomic E-state index is 0.616. The molecule has 1 aromatic heterocycles. The first-order valence-corrected chi connectivity index (χ1v) is 6.72. The van der Waals surface area contributed by atoms with Crippen molar-refractivity contribution in [2.45, 2.75) is 55.0 Å². The predicted molar refractivity (Wildman–Crippen MR) is 76.0 cm³/mol. The Labute approximate surface area is 106 Å². The second kappa shape index (κ2) is 8.04. The van der Waals surface area contributed by atoms with Gasteiger partial charge in [0, 0.05) is 18.8 Å². The van der Waals surface area contributed by atoms with Gasteiger partial charge in [-0.15, -0.1) is 0 Å². The van der Waals surface area contributed by atoms with E-state index in [1.165, 1.54) is 5.69 Å². The summed E-state index contributed by atoms with van der Waals surface area (Å²) in [7, 11) is 0. The summed E-state index contributed by atoms with van der Waals surface area (Å²) in [5.41, 5.74) is 2.39. The van der Waals surface area contributed by atoms with Crippen LogP contribution < -0.4 is 0 Å². The standard InChI is InChI=1S/C10H15N3.2C2H6/c1-7-4-11-5-10-12-8(2)9(3)13(10)6-7;2*1-2/h5,7H,4,6H2,1-3H3;2*1-2H3. The molecular formula is C14H27N3. The fourth-order valence-corrected chi connectivity index (χ4v) is 1.69. The molecule has 0 saturated heterocycles. The minimum absolute atomic E-state index is 0.616. The molecule has 0 amide bonds. The molecule has 1 atom stereocenters. The van der Waals surface area contributed by atoms with Gasteiger partial charge in [0.2, 0.25) is 0 Å². The summed E-state index contributed by atoms with van der Waals surface area (Å²) >= 11 is 0. The Morgan fingerprint density at radius 2 is 1.76 bits per heavy atom. The van der Waals surface area contributed by atoms with Crippen molar-refractivity contribution in [1.29, 1.82) is 0 Å². The zero-order valence-electron chi connectivity index (χ0n) is 12.4. The van der Waals surface area contributed by atoms with Crippen LogP contribution in [0, 0.1) is 19.8 Å². The Bertz CT molecular complexity index is 351. The van der Waals surface area contributed by atoms with Crippen LogP contribution in [0.1, 0.15) is 51.8 Å². The lowest BCUT2D eigenvalue weighted by atomic mass is 10.2. The number of aryl methyl sites for hydroxylation is 1. The highest BCUT2D eigenvalue weighted by Gasteiger charge is 2.14. The van der Waals surface area contributed by atoms with Gasteiger partial charge in [-0.3, -0.25) is 4.99 Å². The molecule has 1 aliphatic heterocycles. The molecule has 0 aromatic carbocycles. The van der Waals surface area contributed by atoms with Crippen LogP contribution in [0.3, 0.4) is 0 Å². The second-order valence-electron chi connectivity index (χ2n) is 3.85. The first-order chi connectivity index (χ1) is 8.18. The second-order valence-corrected chi connectivity index (χ2v) is 3.85. The maximum absolute atomic E-state index is 4.46. The Hall–Kier alpha value is -1.12. The molecule has 0 bridgehead atoms. The van der Waals surface area contributed by atoms with Gasteiger partial charge in [0.15, 0.2) is 5.82 Å². The highest BCUT2D eigenvalue weighted by molar-refractivity contribution is 5.75. The number of aliphatic imine (C=N–C) groups is 1. The number of hydrogen-bond acceptors (Lipinski definition) is 2. The van der Waals surface area contributed by atoms with Crippen molar-refractivity contribution in [2.75, 3.05) is 6.54 Å². The summed E-state index contributed by atoms with van der Waals surface area (Å²) in [6, 6.07) is 0. The molecule has 98 valence electrons. The van der Waals surface area contributed by atoms with E-state index in [0.717, 1.165) is 24.6 Å². The molecule has 0 spiro atoms. The lowest BCUT2D eigenvalue weighted by Crippen LogP contribution is -2.11. The fourth-order valence-electron chi connectivity index (χ4n) is 1.69. The third-order valence-electron chi connectivity index (χ3n) is 2.61. The van der Waals surface area contributed by atoms with E-state index >= 15 is 0 Å². The highest BCUT2D eigenvalue weighted by Crippen LogP contribution is 2.14. The van der Waals surface area contributed by atoms with Crippen LogP contribution in [0.25, 0.3) is 0 Å². The van der Waals surface area contributed by atoms with Gasteiger partial charge in [0.05, 0.1) is 11.9 Å². The molecule has 3 nitrogen and oxygen atoms in total. The topological polar surface area (TPSA) is 30.2 Å². The number of aromatic nitrogens is 2. The quantitative estimate of drug-likeness (QED) is 0.678. The zero-order chi connectivity index (χ0) is 13.4. The third kappa shape index (κ3) is 3.99. The molecule has 2 heterocycles. The van der Waals surface area contributed by atoms with E-state index < -0.39 is 0 Å². The third-order valence-corrected chi connectivity index (χ3v) is 2.61. The van der Waals surface area contributed by atoms with Gasteiger partial charge in [0.1, 0.15) is 0 Å². The van der Waals surface area contributed by atoms with Crippen molar-refractivity contribution in [3.05, 3.63) is 17.2 Å². The highest BCUT2D eigenvalue weighted by atomic mass is 15.1. The first-order valence-electron chi connectivity index (χ1n) is 6.72. The molecule has 0 aliphatic carbocycles. The number of rotatable bonds is 0. The van der Waals surface area contributed by atoms with Gasteiger partial charge in [-0.2, -0.15) is 0 Å². The number of nitrogens with zero attached hydrogens (tertiary/aromatic N) is 3. The van der Waals surface area contributed by atoms with E-state index in [1.54, 1.807) is 0 Å². The van der Waals surface area contributed by atoms with Crippen LogP contribution in [0.15, 0.2) is 4.99 Å². The van der Waals surface area contributed by atoms with Crippen LogP contribution in [-0.2, 0) is 6.54 Å². The Morgan fingerprint density at radius 1 is 1.18 bits per heavy atom. The summed E-state index contributed by atoms with van der Waals surface area (Å²) in [4.78, 5) is 8.80. The van der Waals surface area contributed by atoms with Gasteiger partial charge in [-0.1, -0.05) is 34.6 Å². The summed E-state index contributed by atoms with van der Waals surface area (Å²) in [6.45, 7) is 16.4. The SMILES string of the molecule is CC.CC.Cc1nc2n(c1C)CC(C)CN=C2. The van der Waals surface area contributed by atoms with Gasteiger partial charge < -0.3 is 4.57 Å². The number of fused-ring (bicyclic) bond motifs is 1. The summed E-state index contributed by atoms with van der Waals surface area (Å²) in [6.07, 6.45) is 1.89. The van der Waals surface area contributed by atoms with Crippen LogP contribution in [0.4, 0.5) is 0 Å². The molecular weight excluding hydrogens is 210 g/mol. The first kappa shape index (κ1) is 15.9. The van der Waals surface area contributed by atoms with E-state index in [9.17, 15) is 0 Å². The van der Waals surface area contributed by atoms with Crippen LogP contribution in [0.2, 0.25) is 0 Å². The Morgan fingerprint density at radius 3 is 2.35 bits per heavy atom. The van der Waals surface area contributed by atoms with Crippen molar-refractivity contribution in [1.82, 2.24) is 9.55 Å². The molecule has 3 heteroatoms. The monoisotopic (exact) mass is 237 g/mol.